The van der Waals surface area contributed by atoms with E-state index in [0.29, 0.717) is 37.2 Å². The molecule has 0 aromatic carbocycles. The number of hydrogen-bond donors (Lipinski definition) is 0. The van der Waals surface area contributed by atoms with E-state index in [2.05, 4.69) is 4.90 Å². The Balaban J connectivity index is 2.41. The highest BCUT2D eigenvalue weighted by Gasteiger charge is 2.36. The summed E-state index contributed by atoms with van der Waals surface area (Å²) in [4.78, 5) is 27.1. The molecule has 1 aliphatic heterocycles. The van der Waals surface area contributed by atoms with Crippen LogP contribution in [-0.4, -0.2) is 43.1 Å². The predicted octanol–water partition coefficient (Wildman–Crippen LogP) is 2.96. The van der Waals surface area contributed by atoms with Crippen LogP contribution in [0.4, 0.5) is 0 Å². The number of allylic oxidation sites excluding steroid dienone is 1. The molecule has 0 unspecified atom stereocenters. The summed E-state index contributed by atoms with van der Waals surface area (Å²) >= 11 is 0. The largest absolute Gasteiger partial charge is 0.463 e. The van der Waals surface area contributed by atoms with E-state index in [4.69, 9.17) is 9.47 Å². The molecule has 2 aliphatic rings. The minimum Gasteiger partial charge on any atom is -0.463 e. The van der Waals surface area contributed by atoms with Crippen LogP contribution in [0.15, 0.2) is 22.4 Å². The molecule has 1 heterocycles. The van der Waals surface area contributed by atoms with Crippen molar-refractivity contribution < 1.29 is 19.1 Å². The monoisotopic (exact) mass is 321 g/mol. The quantitative estimate of drug-likeness (QED) is 0.675. The van der Waals surface area contributed by atoms with Gasteiger partial charge in [-0.15, -0.1) is 0 Å². The highest BCUT2D eigenvalue weighted by Crippen LogP contribution is 2.39. The van der Waals surface area contributed by atoms with E-state index >= 15 is 0 Å². The summed E-state index contributed by atoms with van der Waals surface area (Å²) < 4.78 is 10.5. The van der Waals surface area contributed by atoms with Gasteiger partial charge >= 0.3 is 11.9 Å². The molecule has 0 aromatic heterocycles. The second kappa shape index (κ2) is 8.18. The van der Waals surface area contributed by atoms with E-state index in [1.165, 1.54) is 0 Å². The lowest BCUT2D eigenvalue weighted by Crippen LogP contribution is -2.22. The van der Waals surface area contributed by atoms with Gasteiger partial charge in [0.2, 0.25) is 0 Å². The van der Waals surface area contributed by atoms with Gasteiger partial charge < -0.3 is 14.4 Å². The lowest BCUT2D eigenvalue weighted by atomic mass is 10.0. The molecule has 0 atom stereocenters. The molecular weight excluding hydrogens is 294 g/mol. The summed E-state index contributed by atoms with van der Waals surface area (Å²) in [6.07, 6.45) is 4.30. The van der Waals surface area contributed by atoms with E-state index in [-0.39, 0.29) is 11.9 Å². The first kappa shape index (κ1) is 17.6. The molecule has 1 fully saturated rings. The molecule has 23 heavy (non-hydrogen) atoms. The molecule has 5 heteroatoms. The van der Waals surface area contributed by atoms with Crippen molar-refractivity contribution in [1.29, 1.82) is 0 Å². The molecule has 0 aromatic rings. The summed E-state index contributed by atoms with van der Waals surface area (Å²) in [6.45, 7) is 8.21. The normalized spacial score (nSPS) is 18.0. The first-order chi connectivity index (χ1) is 11.1. The summed E-state index contributed by atoms with van der Waals surface area (Å²) in [7, 11) is 0. The van der Waals surface area contributed by atoms with E-state index in [1.807, 2.05) is 6.92 Å². The lowest BCUT2D eigenvalue weighted by Gasteiger charge is -2.21. The van der Waals surface area contributed by atoms with Crippen LogP contribution in [0.1, 0.15) is 52.9 Å². The summed E-state index contributed by atoms with van der Waals surface area (Å²) in [5, 5.41) is 0. The van der Waals surface area contributed by atoms with Gasteiger partial charge in [-0.2, -0.15) is 0 Å². The molecule has 0 saturated carbocycles. The maximum atomic E-state index is 12.5. The lowest BCUT2D eigenvalue weighted by molar-refractivity contribution is -0.139. The van der Waals surface area contributed by atoms with Crippen molar-refractivity contribution in [3.05, 3.63) is 22.4 Å². The Labute approximate surface area is 138 Å². The number of carbonyl (C=O) groups is 2. The van der Waals surface area contributed by atoms with E-state index in [1.54, 1.807) is 13.8 Å². The van der Waals surface area contributed by atoms with Crippen LogP contribution >= 0.6 is 0 Å². The maximum Gasteiger partial charge on any atom is 0.340 e. The highest BCUT2D eigenvalue weighted by molar-refractivity contribution is 6.02. The highest BCUT2D eigenvalue weighted by atomic mass is 16.5. The first-order valence-corrected chi connectivity index (χ1v) is 8.68. The fourth-order valence-corrected chi connectivity index (χ4v) is 3.33. The molecule has 0 spiro atoms. The van der Waals surface area contributed by atoms with E-state index in [0.717, 1.165) is 43.6 Å². The number of carbonyl (C=O) groups excluding carboxylic acids is 2. The molecule has 0 N–H and O–H groups in total. The fourth-order valence-electron chi connectivity index (χ4n) is 3.33. The first-order valence-electron chi connectivity index (χ1n) is 8.68. The summed E-state index contributed by atoms with van der Waals surface area (Å²) in [5.74, 6) is -0.607. The maximum absolute atomic E-state index is 12.5. The molecule has 128 valence electrons. The Hall–Kier alpha value is -1.78. The molecule has 1 aliphatic carbocycles. The van der Waals surface area contributed by atoms with Gasteiger partial charge in [0.15, 0.2) is 0 Å². The summed E-state index contributed by atoms with van der Waals surface area (Å²) in [5.41, 5.74) is 3.02. The van der Waals surface area contributed by atoms with Gasteiger partial charge in [-0.05, 0) is 38.7 Å². The van der Waals surface area contributed by atoms with Gasteiger partial charge in [-0.3, -0.25) is 0 Å². The van der Waals surface area contributed by atoms with Gasteiger partial charge in [0.1, 0.15) is 0 Å². The van der Waals surface area contributed by atoms with Gasteiger partial charge in [0.25, 0.3) is 0 Å². The standard InChI is InChI=1S/C18H27NO4/c1-4-9-13-14(17(20)22-5-2)12-15(19-10-7-8-11-19)16(13)18(21)23-6-3/h4-12H2,1-3H3. The van der Waals surface area contributed by atoms with Crippen LogP contribution in [0.2, 0.25) is 0 Å². The average molecular weight is 321 g/mol. The molecular formula is C18H27NO4. The molecule has 0 bridgehead atoms. The van der Waals surface area contributed by atoms with Crippen molar-refractivity contribution in [3.63, 3.8) is 0 Å². The number of likely N-dealkylation sites (tertiary alicyclic amines) is 1. The summed E-state index contributed by atoms with van der Waals surface area (Å²) in [6, 6.07) is 0. The van der Waals surface area contributed by atoms with Crippen molar-refractivity contribution in [2.75, 3.05) is 26.3 Å². The van der Waals surface area contributed by atoms with Crippen molar-refractivity contribution in [1.82, 2.24) is 4.90 Å². The van der Waals surface area contributed by atoms with Crippen LogP contribution in [0.3, 0.4) is 0 Å². The number of ether oxygens (including phenoxy) is 2. The number of nitrogens with zero attached hydrogens (tertiary/aromatic N) is 1. The minimum absolute atomic E-state index is 0.299. The molecule has 5 nitrogen and oxygen atoms in total. The zero-order chi connectivity index (χ0) is 16.8. The fraction of sp³-hybridized carbons (Fsp3) is 0.667. The molecule has 0 radical (unpaired) electrons. The van der Waals surface area contributed by atoms with Gasteiger partial charge in [-0.25, -0.2) is 9.59 Å². The predicted molar refractivity (Wildman–Crippen MR) is 87.7 cm³/mol. The molecule has 0 amide bonds. The van der Waals surface area contributed by atoms with Crippen molar-refractivity contribution in [2.24, 2.45) is 0 Å². The van der Waals surface area contributed by atoms with Crippen molar-refractivity contribution in [2.45, 2.75) is 52.9 Å². The molecule has 1 saturated heterocycles. The Kier molecular flexibility index (Phi) is 6.25. The smallest absolute Gasteiger partial charge is 0.340 e. The zero-order valence-corrected chi connectivity index (χ0v) is 14.4. The van der Waals surface area contributed by atoms with Crippen LogP contribution in [0.25, 0.3) is 0 Å². The van der Waals surface area contributed by atoms with Crippen LogP contribution in [-0.2, 0) is 19.1 Å². The minimum atomic E-state index is -0.308. The van der Waals surface area contributed by atoms with Crippen LogP contribution in [0, 0.1) is 0 Å². The topological polar surface area (TPSA) is 55.8 Å². The third-order valence-electron chi connectivity index (χ3n) is 4.29. The van der Waals surface area contributed by atoms with Gasteiger partial charge in [-0.1, -0.05) is 13.3 Å². The van der Waals surface area contributed by atoms with Crippen molar-refractivity contribution >= 4 is 11.9 Å². The van der Waals surface area contributed by atoms with Gasteiger partial charge in [0.05, 0.1) is 18.8 Å². The van der Waals surface area contributed by atoms with Crippen LogP contribution < -0.4 is 0 Å². The van der Waals surface area contributed by atoms with E-state index in [9.17, 15) is 9.59 Å². The Bertz CT molecular complexity index is 527. The Morgan fingerprint density at radius 1 is 1.00 bits per heavy atom. The third-order valence-corrected chi connectivity index (χ3v) is 4.29. The molecule has 2 rings (SSSR count). The average Bonchev–Trinajstić information content (AvgIpc) is 3.15. The van der Waals surface area contributed by atoms with Crippen molar-refractivity contribution in [3.8, 4) is 0 Å². The SMILES string of the molecule is CCCC1=C(C(=O)OCC)CC(N2CCCC2)=C1C(=O)OCC. The number of hydrogen-bond acceptors (Lipinski definition) is 5. The third kappa shape index (κ3) is 3.77. The van der Waals surface area contributed by atoms with E-state index < -0.39 is 0 Å². The second-order valence-corrected chi connectivity index (χ2v) is 5.84. The number of esters is 2. The van der Waals surface area contributed by atoms with Crippen LogP contribution in [0.5, 0.6) is 0 Å². The Morgan fingerprint density at radius 2 is 1.61 bits per heavy atom. The Morgan fingerprint density at radius 3 is 2.17 bits per heavy atom. The zero-order valence-electron chi connectivity index (χ0n) is 14.4. The number of rotatable bonds is 7. The second-order valence-electron chi connectivity index (χ2n) is 5.84. The van der Waals surface area contributed by atoms with Gasteiger partial charge in [0, 0.05) is 30.8 Å².